The topological polar surface area (TPSA) is 31.4 Å². The Morgan fingerprint density at radius 2 is 2.14 bits per heavy atom. The normalized spacial score (nSPS) is 12.6. The van der Waals surface area contributed by atoms with Gasteiger partial charge in [-0.25, -0.2) is 0 Å². The van der Waals surface area contributed by atoms with Crippen molar-refractivity contribution in [2.24, 2.45) is 0 Å². The number of aryl methyl sites for hydroxylation is 1. The third kappa shape index (κ3) is 2.45. The lowest BCUT2D eigenvalue weighted by Gasteiger charge is -2.17. The molecule has 1 aromatic heterocycles. The lowest BCUT2D eigenvalue weighted by Crippen LogP contribution is -2.18. The van der Waals surface area contributed by atoms with E-state index in [0.29, 0.717) is 0 Å². The van der Waals surface area contributed by atoms with E-state index in [9.17, 15) is 0 Å². The molecule has 1 rings (SSSR count). The fourth-order valence-electron chi connectivity index (χ4n) is 1.18. The Bertz CT molecular complexity index is 295. The van der Waals surface area contributed by atoms with Crippen LogP contribution in [0.25, 0.3) is 0 Å². The standard InChI is InChI=1S/C11H17NO2/c1-5-11(13-4)14-10-6-7-12-9(3)8(10)2/h6-7,11H,5H2,1-4H3. The van der Waals surface area contributed by atoms with E-state index < -0.39 is 0 Å². The molecule has 14 heavy (non-hydrogen) atoms. The van der Waals surface area contributed by atoms with Gasteiger partial charge < -0.3 is 9.47 Å². The minimum atomic E-state index is -0.171. The molecule has 1 aromatic rings. The predicted molar refractivity (Wildman–Crippen MR) is 55.4 cm³/mol. The van der Waals surface area contributed by atoms with Crippen molar-refractivity contribution in [3.8, 4) is 5.75 Å². The molecule has 0 saturated carbocycles. The maximum absolute atomic E-state index is 5.66. The molecule has 3 heteroatoms. The zero-order valence-electron chi connectivity index (χ0n) is 9.20. The molecule has 0 aliphatic carbocycles. The first-order valence-corrected chi connectivity index (χ1v) is 4.80. The van der Waals surface area contributed by atoms with Crippen molar-refractivity contribution in [1.29, 1.82) is 0 Å². The van der Waals surface area contributed by atoms with Gasteiger partial charge in [0.25, 0.3) is 0 Å². The molecule has 1 atom stereocenters. The van der Waals surface area contributed by atoms with Crippen LogP contribution in [0.15, 0.2) is 12.3 Å². The Labute approximate surface area is 85.1 Å². The van der Waals surface area contributed by atoms with Gasteiger partial charge in [0.1, 0.15) is 5.75 Å². The van der Waals surface area contributed by atoms with Gasteiger partial charge in [-0.1, -0.05) is 6.92 Å². The number of nitrogens with zero attached hydrogens (tertiary/aromatic N) is 1. The van der Waals surface area contributed by atoms with Gasteiger partial charge in [0.15, 0.2) is 6.29 Å². The van der Waals surface area contributed by atoms with E-state index in [1.54, 1.807) is 13.3 Å². The van der Waals surface area contributed by atoms with Gasteiger partial charge in [0, 0.05) is 31.0 Å². The van der Waals surface area contributed by atoms with Gasteiger partial charge in [0.05, 0.1) is 0 Å². The first-order chi connectivity index (χ1) is 6.69. The summed E-state index contributed by atoms with van der Waals surface area (Å²) < 4.78 is 10.8. The van der Waals surface area contributed by atoms with Gasteiger partial charge in [-0.2, -0.15) is 0 Å². The molecule has 0 bridgehead atoms. The average Bonchev–Trinajstić information content (AvgIpc) is 2.20. The zero-order valence-corrected chi connectivity index (χ0v) is 9.20. The van der Waals surface area contributed by atoms with Crippen LogP contribution in [0, 0.1) is 13.8 Å². The Kier molecular flexibility index (Phi) is 3.89. The summed E-state index contributed by atoms with van der Waals surface area (Å²) in [6.45, 7) is 5.99. The Balaban J connectivity index is 2.80. The van der Waals surface area contributed by atoms with Crippen molar-refractivity contribution in [2.75, 3.05) is 7.11 Å². The number of hydrogen-bond acceptors (Lipinski definition) is 3. The highest BCUT2D eigenvalue weighted by Gasteiger charge is 2.09. The molecular weight excluding hydrogens is 178 g/mol. The molecule has 0 aliphatic heterocycles. The summed E-state index contributed by atoms with van der Waals surface area (Å²) in [5.74, 6) is 0.853. The summed E-state index contributed by atoms with van der Waals surface area (Å²) >= 11 is 0. The third-order valence-electron chi connectivity index (χ3n) is 2.26. The second kappa shape index (κ2) is 4.96. The molecule has 0 fully saturated rings. The van der Waals surface area contributed by atoms with Gasteiger partial charge in [-0.3, -0.25) is 4.98 Å². The molecule has 0 N–H and O–H groups in total. The summed E-state index contributed by atoms with van der Waals surface area (Å²) in [5, 5.41) is 0. The van der Waals surface area contributed by atoms with Gasteiger partial charge in [-0.15, -0.1) is 0 Å². The van der Waals surface area contributed by atoms with Crippen molar-refractivity contribution < 1.29 is 9.47 Å². The molecule has 0 amide bonds. The van der Waals surface area contributed by atoms with Crippen LogP contribution in [0.5, 0.6) is 5.75 Å². The summed E-state index contributed by atoms with van der Waals surface area (Å²) in [7, 11) is 1.65. The quantitative estimate of drug-likeness (QED) is 0.691. The van der Waals surface area contributed by atoms with E-state index in [1.807, 2.05) is 26.8 Å². The van der Waals surface area contributed by atoms with Crippen molar-refractivity contribution in [3.63, 3.8) is 0 Å². The first-order valence-electron chi connectivity index (χ1n) is 4.80. The molecular formula is C11H17NO2. The summed E-state index contributed by atoms with van der Waals surface area (Å²) in [5.41, 5.74) is 2.07. The Hall–Kier alpha value is -1.09. The van der Waals surface area contributed by atoms with Gasteiger partial charge >= 0.3 is 0 Å². The average molecular weight is 195 g/mol. The molecule has 0 saturated heterocycles. The molecule has 0 radical (unpaired) electrons. The molecule has 0 aliphatic rings. The number of hydrogen-bond donors (Lipinski definition) is 0. The molecule has 1 heterocycles. The van der Waals surface area contributed by atoms with E-state index in [4.69, 9.17) is 9.47 Å². The smallest absolute Gasteiger partial charge is 0.199 e. The summed E-state index contributed by atoms with van der Waals surface area (Å²) in [6, 6.07) is 1.87. The van der Waals surface area contributed by atoms with Crippen molar-refractivity contribution in [1.82, 2.24) is 4.98 Å². The van der Waals surface area contributed by atoms with Crippen LogP contribution in [0.2, 0.25) is 0 Å². The van der Waals surface area contributed by atoms with E-state index in [0.717, 1.165) is 23.4 Å². The second-order valence-electron chi connectivity index (χ2n) is 3.21. The van der Waals surface area contributed by atoms with Crippen molar-refractivity contribution in [2.45, 2.75) is 33.5 Å². The van der Waals surface area contributed by atoms with Crippen molar-refractivity contribution in [3.05, 3.63) is 23.5 Å². The molecule has 1 unspecified atom stereocenters. The van der Waals surface area contributed by atoms with Crippen molar-refractivity contribution >= 4 is 0 Å². The van der Waals surface area contributed by atoms with Gasteiger partial charge in [-0.05, 0) is 19.9 Å². The van der Waals surface area contributed by atoms with E-state index in [2.05, 4.69) is 4.98 Å². The fourth-order valence-corrected chi connectivity index (χ4v) is 1.18. The lowest BCUT2D eigenvalue weighted by molar-refractivity contribution is -0.0552. The van der Waals surface area contributed by atoms with Crippen LogP contribution in [-0.4, -0.2) is 18.4 Å². The predicted octanol–water partition coefficient (Wildman–Crippen LogP) is 2.46. The van der Waals surface area contributed by atoms with Crippen LogP contribution >= 0.6 is 0 Å². The van der Waals surface area contributed by atoms with Crippen LogP contribution < -0.4 is 4.74 Å². The molecule has 78 valence electrons. The summed E-state index contributed by atoms with van der Waals surface area (Å²) in [4.78, 5) is 4.18. The number of aromatic nitrogens is 1. The highest BCUT2D eigenvalue weighted by molar-refractivity contribution is 5.33. The molecule has 0 spiro atoms. The van der Waals surface area contributed by atoms with Crippen LogP contribution in [0.1, 0.15) is 24.6 Å². The maximum atomic E-state index is 5.66. The maximum Gasteiger partial charge on any atom is 0.199 e. The number of rotatable bonds is 4. The second-order valence-corrected chi connectivity index (χ2v) is 3.21. The van der Waals surface area contributed by atoms with E-state index >= 15 is 0 Å². The monoisotopic (exact) mass is 195 g/mol. The molecule has 3 nitrogen and oxygen atoms in total. The Morgan fingerprint density at radius 3 is 2.71 bits per heavy atom. The van der Waals surface area contributed by atoms with E-state index in [-0.39, 0.29) is 6.29 Å². The van der Waals surface area contributed by atoms with E-state index in [1.165, 1.54) is 0 Å². The van der Waals surface area contributed by atoms with Crippen LogP contribution in [-0.2, 0) is 4.74 Å². The van der Waals surface area contributed by atoms with Crippen LogP contribution in [0.4, 0.5) is 0 Å². The third-order valence-corrected chi connectivity index (χ3v) is 2.26. The first kappa shape index (κ1) is 11.0. The highest BCUT2D eigenvalue weighted by Crippen LogP contribution is 2.20. The summed E-state index contributed by atoms with van der Waals surface area (Å²) in [6.07, 6.45) is 2.41. The minimum Gasteiger partial charge on any atom is -0.465 e. The Morgan fingerprint density at radius 1 is 1.43 bits per heavy atom. The number of methoxy groups -OCH3 is 1. The van der Waals surface area contributed by atoms with Crippen LogP contribution in [0.3, 0.4) is 0 Å². The highest BCUT2D eigenvalue weighted by atomic mass is 16.7. The van der Waals surface area contributed by atoms with Gasteiger partial charge in [0.2, 0.25) is 0 Å². The lowest BCUT2D eigenvalue weighted by atomic mass is 10.2. The zero-order chi connectivity index (χ0) is 10.6. The number of pyridine rings is 1. The number of ether oxygens (including phenoxy) is 2. The largest absolute Gasteiger partial charge is 0.465 e. The molecule has 0 aromatic carbocycles. The SMILES string of the molecule is CCC(OC)Oc1ccnc(C)c1C. The fraction of sp³-hybridized carbons (Fsp3) is 0.545. The minimum absolute atomic E-state index is 0.171.